The minimum absolute atomic E-state index is 0.0459. The van der Waals surface area contributed by atoms with Crippen LogP contribution < -0.4 is 14.6 Å². The lowest BCUT2D eigenvalue weighted by molar-refractivity contribution is -0.364. The molecule has 0 radical (unpaired) electrons. The molecule has 1 N–H and O–H groups in total. The van der Waals surface area contributed by atoms with Crippen LogP contribution in [0.4, 0.5) is 5.82 Å². The summed E-state index contributed by atoms with van der Waals surface area (Å²) in [7, 11) is 2.45. The molecule has 8 nitrogen and oxygen atoms in total. The molecule has 1 aromatic carbocycles. The number of methoxy groups -OCH3 is 2. The van der Waals surface area contributed by atoms with Gasteiger partial charge in [-0.3, -0.25) is 4.90 Å². The summed E-state index contributed by atoms with van der Waals surface area (Å²) in [6, 6.07) is 7.39. The first kappa shape index (κ1) is 19.3. The molecule has 0 spiro atoms. The summed E-state index contributed by atoms with van der Waals surface area (Å²) in [5.41, 5.74) is 0.521. The van der Waals surface area contributed by atoms with Crippen LogP contribution in [0.15, 0.2) is 36.5 Å². The maximum atomic E-state index is 12.8. The van der Waals surface area contributed by atoms with Crippen molar-refractivity contribution in [3.63, 3.8) is 0 Å². The Hall–Kier alpha value is -3.42. The molecule has 146 valence electrons. The topological polar surface area (TPSA) is 96.3 Å². The second kappa shape index (κ2) is 8.51. The molecule has 0 atom stereocenters. The Bertz CT molecular complexity index is 871. The molecule has 0 amide bonds. The Labute approximate surface area is 162 Å². The number of hydrogen-bond acceptors (Lipinski definition) is 7. The van der Waals surface area contributed by atoms with Gasteiger partial charge in [-0.1, -0.05) is 0 Å². The van der Waals surface area contributed by atoms with E-state index in [1.807, 2.05) is 0 Å². The summed E-state index contributed by atoms with van der Waals surface area (Å²) in [6.07, 6.45) is 3.86. The molecule has 1 fully saturated rings. The Morgan fingerprint density at radius 1 is 0.929 bits per heavy atom. The number of carbonyl (C=O) groups excluding carboxylic acids is 3. The largest absolute Gasteiger partial charge is 0.465 e. The fourth-order valence-corrected chi connectivity index (χ4v) is 3.09. The molecule has 28 heavy (non-hydrogen) atoms. The molecule has 1 aliphatic heterocycles. The van der Waals surface area contributed by atoms with Crippen LogP contribution in [-0.4, -0.2) is 45.2 Å². The summed E-state index contributed by atoms with van der Waals surface area (Å²) < 4.78 is 14.9. The molecule has 0 unspecified atom stereocenters. The molecule has 0 aliphatic carbocycles. The maximum Gasteiger partial charge on any atom is 0.351 e. The number of esters is 3. The van der Waals surface area contributed by atoms with E-state index in [0.29, 0.717) is 11.4 Å². The van der Waals surface area contributed by atoms with E-state index in [2.05, 4.69) is 9.88 Å². The standard InChI is InChI=1S/C20H20N2O6/c1-26-18(23)13-10-14(19(24)27-2)12-15(11-13)28-20(25)16-6-5-7-21-17(16)22-8-3-4-9-22/h5-7,10-12H,3-4,8-9H2,1-2H3/p+1. The Kier molecular flexibility index (Phi) is 5.88. The molecule has 8 heteroatoms. The summed E-state index contributed by atoms with van der Waals surface area (Å²) in [4.78, 5) is 41.7. The van der Waals surface area contributed by atoms with Gasteiger partial charge in [0.1, 0.15) is 11.3 Å². The summed E-state index contributed by atoms with van der Waals surface area (Å²) in [5.74, 6) is -1.19. The maximum absolute atomic E-state index is 12.8. The number of H-pyrrole nitrogens is 1. The Morgan fingerprint density at radius 3 is 2.11 bits per heavy atom. The third-order valence-electron chi connectivity index (χ3n) is 4.44. The molecular formula is C20H21N2O6+. The normalized spacial score (nSPS) is 13.1. The number of nitrogens with one attached hydrogen (secondary N) is 1. The van der Waals surface area contributed by atoms with Gasteiger partial charge >= 0.3 is 17.9 Å². The zero-order valence-electron chi connectivity index (χ0n) is 15.7. The van der Waals surface area contributed by atoms with Gasteiger partial charge in [-0.15, -0.1) is 0 Å². The van der Waals surface area contributed by atoms with E-state index in [-0.39, 0.29) is 16.9 Å². The average Bonchev–Trinajstić information content (AvgIpc) is 3.27. The van der Waals surface area contributed by atoms with Crippen molar-refractivity contribution in [3.8, 4) is 5.75 Å². The van der Waals surface area contributed by atoms with Crippen molar-refractivity contribution in [2.75, 3.05) is 32.2 Å². The van der Waals surface area contributed by atoms with Crippen molar-refractivity contribution >= 4 is 23.7 Å². The molecule has 1 aliphatic rings. The quantitative estimate of drug-likeness (QED) is 0.573. The minimum Gasteiger partial charge on any atom is -0.465 e. The number of pyridine rings is 1. The summed E-state index contributed by atoms with van der Waals surface area (Å²) in [5, 5.41) is 0. The highest BCUT2D eigenvalue weighted by Crippen LogP contribution is 2.23. The number of anilines is 1. The molecular weight excluding hydrogens is 364 g/mol. The fourth-order valence-electron chi connectivity index (χ4n) is 3.09. The highest BCUT2D eigenvalue weighted by atomic mass is 16.5. The van der Waals surface area contributed by atoms with Gasteiger partial charge in [-0.2, -0.15) is 0 Å². The zero-order valence-corrected chi connectivity index (χ0v) is 15.7. The van der Waals surface area contributed by atoms with Crippen LogP contribution in [0, 0.1) is 0 Å². The van der Waals surface area contributed by atoms with Crippen LogP contribution in [0.1, 0.15) is 43.9 Å². The van der Waals surface area contributed by atoms with Crippen LogP contribution in [0.2, 0.25) is 0 Å². The number of benzene rings is 1. The van der Waals surface area contributed by atoms with Crippen LogP contribution in [0.25, 0.3) is 0 Å². The van der Waals surface area contributed by atoms with Crippen LogP contribution >= 0.6 is 0 Å². The van der Waals surface area contributed by atoms with E-state index in [9.17, 15) is 14.4 Å². The number of aromatic amines is 1. The Morgan fingerprint density at radius 2 is 1.54 bits per heavy atom. The number of carbonyl (C=O) groups is 3. The van der Waals surface area contributed by atoms with Gasteiger partial charge in [0.05, 0.1) is 44.6 Å². The van der Waals surface area contributed by atoms with Crippen molar-refractivity contribution in [3.05, 3.63) is 53.2 Å². The van der Waals surface area contributed by atoms with Gasteiger partial charge in [-0.25, -0.2) is 19.4 Å². The Balaban J connectivity index is 1.92. The summed E-state index contributed by atoms with van der Waals surface area (Å²) >= 11 is 0. The molecule has 2 aromatic rings. The zero-order chi connectivity index (χ0) is 20.1. The van der Waals surface area contributed by atoms with Crippen molar-refractivity contribution in [1.29, 1.82) is 0 Å². The van der Waals surface area contributed by atoms with Crippen molar-refractivity contribution in [2.24, 2.45) is 0 Å². The number of hydrogen-bond donors (Lipinski definition) is 0. The third kappa shape index (κ3) is 4.11. The van der Waals surface area contributed by atoms with Crippen LogP contribution in [0.5, 0.6) is 5.75 Å². The molecule has 3 rings (SSSR count). The number of aromatic nitrogens is 1. The second-order valence-corrected chi connectivity index (χ2v) is 6.25. The van der Waals surface area contributed by atoms with E-state index in [0.717, 1.165) is 25.9 Å². The average molecular weight is 385 g/mol. The van der Waals surface area contributed by atoms with Gasteiger partial charge in [0, 0.05) is 0 Å². The lowest BCUT2D eigenvalue weighted by atomic mass is 10.1. The molecule has 2 heterocycles. The van der Waals surface area contributed by atoms with Crippen LogP contribution in [0.3, 0.4) is 0 Å². The lowest BCUT2D eigenvalue weighted by Crippen LogP contribution is -2.29. The molecule has 0 saturated carbocycles. The third-order valence-corrected chi connectivity index (χ3v) is 4.44. The van der Waals surface area contributed by atoms with Gasteiger partial charge in [0.25, 0.3) is 5.82 Å². The number of ether oxygens (including phenoxy) is 3. The number of rotatable bonds is 5. The van der Waals surface area contributed by atoms with Crippen LogP contribution in [-0.2, 0) is 9.47 Å². The van der Waals surface area contributed by atoms with E-state index < -0.39 is 17.9 Å². The van der Waals surface area contributed by atoms with E-state index in [4.69, 9.17) is 14.2 Å². The van der Waals surface area contributed by atoms with Gasteiger partial charge in [0.2, 0.25) is 0 Å². The molecule has 0 bridgehead atoms. The SMILES string of the molecule is COC(=O)c1cc(OC(=O)c2ccc[nH+]c2N2CCCC2)cc(C(=O)OC)c1. The van der Waals surface area contributed by atoms with Gasteiger partial charge < -0.3 is 14.2 Å². The van der Waals surface area contributed by atoms with Crippen molar-refractivity contribution in [2.45, 2.75) is 12.8 Å². The first-order valence-electron chi connectivity index (χ1n) is 8.83. The first-order valence-corrected chi connectivity index (χ1v) is 8.83. The molecule has 1 saturated heterocycles. The number of nitrogens with zero attached hydrogens (tertiary/aromatic N) is 1. The summed E-state index contributed by atoms with van der Waals surface area (Å²) in [6.45, 7) is 1.70. The predicted molar refractivity (Wildman–Crippen MR) is 98.5 cm³/mol. The van der Waals surface area contributed by atoms with E-state index in [1.54, 1.807) is 18.3 Å². The lowest BCUT2D eigenvalue weighted by Gasteiger charge is -2.13. The molecule has 1 aromatic heterocycles. The van der Waals surface area contributed by atoms with Crippen molar-refractivity contribution < 1.29 is 33.6 Å². The first-order chi connectivity index (χ1) is 13.5. The van der Waals surface area contributed by atoms with E-state index in [1.165, 1.54) is 32.4 Å². The smallest absolute Gasteiger partial charge is 0.351 e. The second-order valence-electron chi connectivity index (χ2n) is 6.25. The monoisotopic (exact) mass is 385 g/mol. The highest BCUT2D eigenvalue weighted by Gasteiger charge is 2.28. The minimum atomic E-state index is -0.658. The van der Waals surface area contributed by atoms with E-state index >= 15 is 0 Å². The van der Waals surface area contributed by atoms with Gasteiger partial charge in [-0.05, 0) is 43.2 Å². The van der Waals surface area contributed by atoms with Crippen molar-refractivity contribution in [1.82, 2.24) is 0 Å². The predicted octanol–water partition coefficient (Wildman–Crippen LogP) is 1.89. The fraction of sp³-hybridized carbons (Fsp3) is 0.300. The highest BCUT2D eigenvalue weighted by molar-refractivity contribution is 5.98. The van der Waals surface area contributed by atoms with Gasteiger partial charge in [0.15, 0.2) is 0 Å².